The zero-order valence-corrected chi connectivity index (χ0v) is 15.8. The number of amides is 1. The SMILES string of the molecule is CCN1CCC[C@@H]1CNC(=O)c1ccccc1Sc1ccccc1C#N. The number of carbonyl (C=O) groups excluding carboxylic acids is 1. The lowest BCUT2D eigenvalue weighted by Crippen LogP contribution is -2.40. The van der Waals surface area contributed by atoms with Gasteiger partial charge in [0, 0.05) is 22.4 Å². The molecule has 1 N–H and O–H groups in total. The van der Waals surface area contributed by atoms with Crippen LogP contribution in [0.4, 0.5) is 0 Å². The Labute approximate surface area is 159 Å². The van der Waals surface area contributed by atoms with E-state index in [1.165, 1.54) is 18.2 Å². The van der Waals surface area contributed by atoms with Crippen molar-refractivity contribution < 1.29 is 4.79 Å². The van der Waals surface area contributed by atoms with E-state index in [0.717, 1.165) is 29.3 Å². The minimum atomic E-state index is -0.0505. The lowest BCUT2D eigenvalue weighted by molar-refractivity contribution is 0.0938. The van der Waals surface area contributed by atoms with E-state index in [9.17, 15) is 10.1 Å². The molecule has 0 bridgehead atoms. The molecule has 1 atom stereocenters. The van der Waals surface area contributed by atoms with Gasteiger partial charge >= 0.3 is 0 Å². The molecule has 0 aliphatic carbocycles. The lowest BCUT2D eigenvalue weighted by atomic mass is 10.2. The molecule has 1 amide bonds. The quantitative estimate of drug-likeness (QED) is 0.843. The summed E-state index contributed by atoms with van der Waals surface area (Å²) in [6.45, 7) is 4.99. The number of likely N-dealkylation sites (tertiary alicyclic amines) is 1. The molecule has 0 aromatic heterocycles. The number of hydrogen-bond donors (Lipinski definition) is 1. The van der Waals surface area contributed by atoms with E-state index in [-0.39, 0.29) is 5.91 Å². The van der Waals surface area contributed by atoms with Gasteiger partial charge in [0.05, 0.1) is 11.1 Å². The summed E-state index contributed by atoms with van der Waals surface area (Å²) in [5.74, 6) is -0.0505. The van der Waals surface area contributed by atoms with Gasteiger partial charge in [0.1, 0.15) is 6.07 Å². The van der Waals surface area contributed by atoms with Gasteiger partial charge in [-0.05, 0) is 50.2 Å². The van der Waals surface area contributed by atoms with Gasteiger partial charge in [0.2, 0.25) is 0 Å². The van der Waals surface area contributed by atoms with Crippen molar-refractivity contribution in [2.75, 3.05) is 19.6 Å². The number of nitrogens with zero attached hydrogens (tertiary/aromatic N) is 2. The maximum absolute atomic E-state index is 12.8. The lowest BCUT2D eigenvalue weighted by Gasteiger charge is -2.23. The zero-order chi connectivity index (χ0) is 18.4. The summed E-state index contributed by atoms with van der Waals surface area (Å²) in [7, 11) is 0. The van der Waals surface area contributed by atoms with Crippen molar-refractivity contribution in [2.45, 2.75) is 35.6 Å². The predicted octanol–water partition coefficient (Wildman–Crippen LogP) is 3.92. The number of likely N-dealkylation sites (N-methyl/N-ethyl adjacent to an activating group) is 1. The largest absolute Gasteiger partial charge is 0.350 e. The summed E-state index contributed by atoms with van der Waals surface area (Å²) >= 11 is 1.46. The zero-order valence-electron chi connectivity index (χ0n) is 14.9. The Kier molecular flexibility index (Phi) is 6.32. The molecule has 1 heterocycles. The fourth-order valence-corrected chi connectivity index (χ4v) is 4.38. The number of carbonyl (C=O) groups is 1. The fourth-order valence-electron chi connectivity index (χ4n) is 3.36. The van der Waals surface area contributed by atoms with Gasteiger partial charge in [-0.25, -0.2) is 0 Å². The second-order valence-electron chi connectivity index (χ2n) is 6.34. The number of nitriles is 1. The van der Waals surface area contributed by atoms with E-state index in [4.69, 9.17) is 0 Å². The average molecular weight is 366 g/mol. The molecular weight excluding hydrogens is 342 g/mol. The molecule has 5 heteroatoms. The molecule has 0 radical (unpaired) electrons. The smallest absolute Gasteiger partial charge is 0.252 e. The Morgan fingerprint density at radius 1 is 1.23 bits per heavy atom. The van der Waals surface area contributed by atoms with Crippen LogP contribution in [0.5, 0.6) is 0 Å². The van der Waals surface area contributed by atoms with Crippen molar-refractivity contribution >= 4 is 17.7 Å². The van der Waals surface area contributed by atoms with Gasteiger partial charge in [-0.3, -0.25) is 9.69 Å². The summed E-state index contributed by atoms with van der Waals surface area (Å²) < 4.78 is 0. The first-order chi connectivity index (χ1) is 12.7. The maximum atomic E-state index is 12.8. The van der Waals surface area contributed by atoms with Crippen LogP contribution in [0.1, 0.15) is 35.7 Å². The highest BCUT2D eigenvalue weighted by Crippen LogP contribution is 2.32. The number of benzene rings is 2. The van der Waals surface area contributed by atoms with Crippen molar-refractivity contribution in [2.24, 2.45) is 0 Å². The molecule has 1 aliphatic rings. The first-order valence-corrected chi connectivity index (χ1v) is 9.82. The van der Waals surface area contributed by atoms with Crippen LogP contribution < -0.4 is 5.32 Å². The highest BCUT2D eigenvalue weighted by Gasteiger charge is 2.23. The van der Waals surface area contributed by atoms with Crippen LogP contribution in [0, 0.1) is 11.3 Å². The molecule has 4 nitrogen and oxygen atoms in total. The van der Waals surface area contributed by atoms with Crippen LogP contribution in [0.2, 0.25) is 0 Å². The van der Waals surface area contributed by atoms with Crippen molar-refractivity contribution in [3.8, 4) is 6.07 Å². The van der Waals surface area contributed by atoms with E-state index < -0.39 is 0 Å². The Bertz CT molecular complexity index is 815. The molecular formula is C21H23N3OS. The van der Waals surface area contributed by atoms with Crippen LogP contribution in [-0.2, 0) is 0 Å². The van der Waals surface area contributed by atoms with Crippen molar-refractivity contribution in [1.82, 2.24) is 10.2 Å². The van der Waals surface area contributed by atoms with E-state index >= 15 is 0 Å². The molecule has 1 fully saturated rings. The summed E-state index contributed by atoms with van der Waals surface area (Å²) in [6.07, 6.45) is 2.34. The fraction of sp³-hybridized carbons (Fsp3) is 0.333. The second-order valence-corrected chi connectivity index (χ2v) is 7.42. The van der Waals surface area contributed by atoms with Gasteiger partial charge < -0.3 is 5.32 Å². The molecule has 0 unspecified atom stereocenters. The summed E-state index contributed by atoms with van der Waals surface area (Å²) in [4.78, 5) is 16.9. The summed E-state index contributed by atoms with van der Waals surface area (Å²) in [6, 6.07) is 17.7. The molecule has 26 heavy (non-hydrogen) atoms. The molecule has 0 spiro atoms. The monoisotopic (exact) mass is 365 g/mol. The number of hydrogen-bond acceptors (Lipinski definition) is 4. The van der Waals surface area contributed by atoms with Crippen LogP contribution in [0.3, 0.4) is 0 Å². The van der Waals surface area contributed by atoms with Gasteiger partial charge in [0.25, 0.3) is 5.91 Å². The first-order valence-electron chi connectivity index (χ1n) is 9.01. The second kappa shape index (κ2) is 8.88. The normalized spacial score (nSPS) is 17.0. The standard InChI is InChI=1S/C21H23N3OS/c1-2-24-13-7-9-17(24)15-23-21(25)18-10-4-6-12-20(18)26-19-11-5-3-8-16(19)14-22/h3-6,8,10-12,17H,2,7,9,13,15H2,1H3,(H,23,25)/t17-/m1/s1. The van der Waals surface area contributed by atoms with Crippen molar-refractivity contribution in [1.29, 1.82) is 5.26 Å². The third-order valence-electron chi connectivity index (χ3n) is 4.76. The number of nitrogens with one attached hydrogen (secondary N) is 1. The van der Waals surface area contributed by atoms with Crippen LogP contribution in [-0.4, -0.2) is 36.5 Å². The van der Waals surface area contributed by atoms with Crippen LogP contribution >= 0.6 is 11.8 Å². The molecule has 134 valence electrons. The maximum Gasteiger partial charge on any atom is 0.252 e. The summed E-state index contributed by atoms with van der Waals surface area (Å²) in [5, 5.41) is 12.4. The Balaban J connectivity index is 1.72. The Morgan fingerprint density at radius 3 is 2.73 bits per heavy atom. The minimum absolute atomic E-state index is 0.0505. The first kappa shape index (κ1) is 18.5. The summed E-state index contributed by atoms with van der Waals surface area (Å²) in [5.41, 5.74) is 1.28. The molecule has 1 aliphatic heterocycles. The third-order valence-corrected chi connectivity index (χ3v) is 5.91. The van der Waals surface area contributed by atoms with Crippen molar-refractivity contribution in [3.05, 3.63) is 59.7 Å². The van der Waals surface area contributed by atoms with E-state index in [2.05, 4.69) is 23.2 Å². The third kappa shape index (κ3) is 4.27. The predicted molar refractivity (Wildman–Crippen MR) is 104 cm³/mol. The molecule has 0 saturated carbocycles. The topological polar surface area (TPSA) is 56.1 Å². The van der Waals surface area contributed by atoms with E-state index in [1.54, 1.807) is 6.07 Å². The highest BCUT2D eigenvalue weighted by molar-refractivity contribution is 7.99. The molecule has 2 aromatic carbocycles. The average Bonchev–Trinajstić information content (AvgIpc) is 3.14. The van der Waals surface area contributed by atoms with Gasteiger partial charge in [-0.2, -0.15) is 5.26 Å². The highest BCUT2D eigenvalue weighted by atomic mass is 32.2. The number of rotatable bonds is 6. The van der Waals surface area contributed by atoms with E-state index in [1.807, 2.05) is 42.5 Å². The molecule has 2 aromatic rings. The van der Waals surface area contributed by atoms with E-state index in [0.29, 0.717) is 23.7 Å². The molecule has 1 saturated heterocycles. The Morgan fingerprint density at radius 2 is 1.96 bits per heavy atom. The van der Waals surface area contributed by atoms with Crippen LogP contribution in [0.25, 0.3) is 0 Å². The van der Waals surface area contributed by atoms with Gasteiger partial charge in [-0.1, -0.05) is 43.0 Å². The Hall–Kier alpha value is -2.29. The van der Waals surface area contributed by atoms with Crippen molar-refractivity contribution in [3.63, 3.8) is 0 Å². The van der Waals surface area contributed by atoms with Gasteiger partial charge in [-0.15, -0.1) is 0 Å². The van der Waals surface area contributed by atoms with Crippen LogP contribution in [0.15, 0.2) is 58.3 Å². The van der Waals surface area contributed by atoms with Gasteiger partial charge in [0.15, 0.2) is 0 Å². The molecule has 3 rings (SSSR count). The minimum Gasteiger partial charge on any atom is -0.350 e.